The van der Waals surface area contributed by atoms with Gasteiger partial charge in [0.1, 0.15) is 0 Å². The molecule has 142 valence electrons. The molecule has 4 bridgehead atoms. The summed E-state index contributed by atoms with van der Waals surface area (Å²) in [4.78, 5) is 13.0. The van der Waals surface area contributed by atoms with E-state index in [1.807, 2.05) is 18.2 Å². The number of rotatable bonds is 7. The van der Waals surface area contributed by atoms with Crippen LogP contribution in [0.3, 0.4) is 0 Å². The average molecular weight is 420 g/mol. The van der Waals surface area contributed by atoms with Crippen LogP contribution in [0.1, 0.15) is 63.5 Å². The summed E-state index contributed by atoms with van der Waals surface area (Å²) in [6.45, 7) is 3.47. The van der Waals surface area contributed by atoms with Gasteiger partial charge < -0.3 is 10.1 Å². The summed E-state index contributed by atoms with van der Waals surface area (Å²) >= 11 is 3.99. The third-order valence-electron chi connectivity index (χ3n) is 6.71. The van der Waals surface area contributed by atoms with E-state index in [-0.39, 0.29) is 15.8 Å². The smallest absolute Gasteiger partial charge is 0.226 e. The fourth-order valence-corrected chi connectivity index (χ4v) is 7.41. The van der Waals surface area contributed by atoms with Crippen molar-refractivity contribution in [3.05, 3.63) is 35.9 Å². The highest BCUT2D eigenvalue weighted by atomic mass is 79.9. The predicted octanol–water partition coefficient (Wildman–Crippen LogP) is 5.00. The van der Waals surface area contributed by atoms with Gasteiger partial charge in [0.05, 0.1) is 11.5 Å². The summed E-state index contributed by atoms with van der Waals surface area (Å²) < 4.78 is 6.16. The minimum absolute atomic E-state index is 0.100. The Kier molecular flexibility index (Phi) is 5.17. The second kappa shape index (κ2) is 7.27. The van der Waals surface area contributed by atoms with Crippen molar-refractivity contribution in [2.24, 2.45) is 17.3 Å². The lowest BCUT2D eigenvalue weighted by molar-refractivity contribution is -0.144. The molecule has 3 nitrogen and oxygen atoms in total. The van der Waals surface area contributed by atoms with Crippen LogP contribution in [0.5, 0.6) is 0 Å². The number of carbonyl (C=O) groups is 1. The first-order valence-corrected chi connectivity index (χ1v) is 10.9. The highest BCUT2D eigenvalue weighted by Crippen LogP contribution is 2.64. The fraction of sp³-hybridized carbons (Fsp3) is 0.682. The standard InChI is InChI=1S/C22H30BrNO2/c1-16(19-6-3-2-4-7-19)26-9-5-8-24-20(25)21-11-17-10-18(12-21)14-22(23,13-17)15-21/h2-4,6-7,16-18H,5,8-15H2,1H3,(H,24,25). The highest BCUT2D eigenvalue weighted by molar-refractivity contribution is 9.10. The summed E-state index contributed by atoms with van der Waals surface area (Å²) in [6, 6.07) is 10.3. The first kappa shape index (κ1) is 18.5. The van der Waals surface area contributed by atoms with Gasteiger partial charge in [-0.3, -0.25) is 4.79 Å². The zero-order valence-electron chi connectivity index (χ0n) is 15.7. The molecule has 3 atom stereocenters. The minimum atomic E-state index is -0.105. The summed E-state index contributed by atoms with van der Waals surface area (Å²) in [5.41, 5.74) is 1.10. The van der Waals surface area contributed by atoms with Crippen molar-refractivity contribution < 1.29 is 9.53 Å². The lowest BCUT2D eigenvalue weighted by Gasteiger charge is -2.59. The molecular formula is C22H30BrNO2. The molecule has 1 N–H and O–H groups in total. The molecule has 0 saturated heterocycles. The van der Waals surface area contributed by atoms with E-state index in [9.17, 15) is 4.79 Å². The second-order valence-corrected chi connectivity index (χ2v) is 10.6. The van der Waals surface area contributed by atoms with Crippen molar-refractivity contribution in [3.63, 3.8) is 0 Å². The highest BCUT2D eigenvalue weighted by Gasteiger charge is 2.59. The Morgan fingerprint density at radius 3 is 2.58 bits per heavy atom. The van der Waals surface area contributed by atoms with Gasteiger partial charge in [-0.2, -0.15) is 0 Å². The number of halogens is 1. The Morgan fingerprint density at radius 2 is 1.92 bits per heavy atom. The van der Waals surface area contributed by atoms with Crippen molar-refractivity contribution in [1.82, 2.24) is 5.32 Å². The van der Waals surface area contributed by atoms with Crippen molar-refractivity contribution in [3.8, 4) is 0 Å². The summed E-state index contributed by atoms with van der Waals surface area (Å²) in [5, 5.41) is 3.23. The molecule has 0 spiro atoms. The van der Waals surface area contributed by atoms with E-state index in [1.54, 1.807) is 0 Å². The normalized spacial score (nSPS) is 36.1. The number of hydrogen-bond donors (Lipinski definition) is 1. The summed E-state index contributed by atoms with van der Waals surface area (Å²) in [7, 11) is 0. The lowest BCUT2D eigenvalue weighted by atomic mass is 9.49. The average Bonchev–Trinajstić information content (AvgIpc) is 2.59. The maximum Gasteiger partial charge on any atom is 0.226 e. The van der Waals surface area contributed by atoms with E-state index in [4.69, 9.17) is 4.74 Å². The molecule has 0 aliphatic heterocycles. The molecule has 0 radical (unpaired) electrons. The zero-order valence-corrected chi connectivity index (χ0v) is 17.3. The van der Waals surface area contributed by atoms with Crippen LogP contribution in [-0.4, -0.2) is 23.4 Å². The Balaban J connectivity index is 1.22. The number of hydrogen-bond acceptors (Lipinski definition) is 2. The molecule has 0 heterocycles. The largest absolute Gasteiger partial charge is 0.374 e. The number of alkyl halides is 1. The van der Waals surface area contributed by atoms with E-state index in [2.05, 4.69) is 40.3 Å². The van der Waals surface area contributed by atoms with Gasteiger partial charge in [0, 0.05) is 17.5 Å². The van der Waals surface area contributed by atoms with Gasteiger partial charge >= 0.3 is 0 Å². The third kappa shape index (κ3) is 3.73. The molecular weight excluding hydrogens is 390 g/mol. The number of amides is 1. The number of carbonyl (C=O) groups excluding carboxylic acids is 1. The van der Waals surface area contributed by atoms with E-state index >= 15 is 0 Å². The monoisotopic (exact) mass is 419 g/mol. The molecule has 4 aliphatic carbocycles. The topological polar surface area (TPSA) is 38.3 Å². The SMILES string of the molecule is CC(OCCCNC(=O)C12CC3CC(CC(Br)(C3)C1)C2)c1ccccc1. The molecule has 1 amide bonds. The van der Waals surface area contributed by atoms with Crippen LogP contribution in [0.15, 0.2) is 30.3 Å². The fourth-order valence-electron chi connectivity index (χ4n) is 5.96. The second-order valence-electron chi connectivity index (χ2n) is 8.93. The van der Waals surface area contributed by atoms with Crippen LogP contribution >= 0.6 is 15.9 Å². The number of benzene rings is 1. The van der Waals surface area contributed by atoms with Crippen LogP contribution in [0.2, 0.25) is 0 Å². The first-order chi connectivity index (χ1) is 12.5. The van der Waals surface area contributed by atoms with E-state index in [0.29, 0.717) is 19.1 Å². The van der Waals surface area contributed by atoms with Crippen molar-refractivity contribution in [1.29, 1.82) is 0 Å². The number of ether oxygens (including phenoxy) is 1. The molecule has 1 aromatic carbocycles. The summed E-state index contributed by atoms with van der Waals surface area (Å²) in [6.07, 6.45) is 8.07. The molecule has 4 aliphatic rings. The Morgan fingerprint density at radius 1 is 1.23 bits per heavy atom. The lowest BCUT2D eigenvalue weighted by Crippen LogP contribution is -2.58. The van der Waals surface area contributed by atoms with Crippen molar-refractivity contribution >= 4 is 21.8 Å². The van der Waals surface area contributed by atoms with Crippen LogP contribution < -0.4 is 5.32 Å². The van der Waals surface area contributed by atoms with Gasteiger partial charge in [0.15, 0.2) is 0 Å². The van der Waals surface area contributed by atoms with E-state index < -0.39 is 0 Å². The minimum Gasteiger partial charge on any atom is -0.374 e. The van der Waals surface area contributed by atoms with Gasteiger partial charge in [-0.1, -0.05) is 46.3 Å². The van der Waals surface area contributed by atoms with Crippen LogP contribution in [-0.2, 0) is 9.53 Å². The molecule has 4 fully saturated rings. The molecule has 3 unspecified atom stereocenters. The van der Waals surface area contributed by atoms with Crippen LogP contribution in [0.4, 0.5) is 0 Å². The molecule has 1 aromatic rings. The maximum atomic E-state index is 13.0. The first-order valence-electron chi connectivity index (χ1n) is 10.1. The van der Waals surface area contributed by atoms with Crippen LogP contribution in [0, 0.1) is 17.3 Å². The Labute approximate surface area is 165 Å². The molecule has 0 aromatic heterocycles. The molecule has 26 heavy (non-hydrogen) atoms. The molecule has 4 saturated carbocycles. The third-order valence-corrected chi connectivity index (χ3v) is 7.64. The van der Waals surface area contributed by atoms with Crippen molar-refractivity contribution in [2.75, 3.05) is 13.2 Å². The molecule has 5 rings (SSSR count). The van der Waals surface area contributed by atoms with Gasteiger partial charge in [0.25, 0.3) is 0 Å². The Bertz CT molecular complexity index is 633. The Hall–Kier alpha value is -0.870. The van der Waals surface area contributed by atoms with Gasteiger partial charge in [-0.05, 0) is 69.3 Å². The summed E-state index contributed by atoms with van der Waals surface area (Å²) in [5.74, 6) is 1.79. The zero-order chi connectivity index (χ0) is 18.2. The van der Waals surface area contributed by atoms with E-state index in [0.717, 1.165) is 37.5 Å². The predicted molar refractivity (Wildman–Crippen MR) is 107 cm³/mol. The quantitative estimate of drug-likeness (QED) is 0.498. The van der Waals surface area contributed by atoms with Gasteiger partial charge in [-0.25, -0.2) is 0 Å². The van der Waals surface area contributed by atoms with Crippen molar-refractivity contribution in [2.45, 2.75) is 62.3 Å². The maximum absolute atomic E-state index is 13.0. The van der Waals surface area contributed by atoms with Crippen LogP contribution in [0.25, 0.3) is 0 Å². The van der Waals surface area contributed by atoms with E-state index in [1.165, 1.54) is 24.8 Å². The van der Waals surface area contributed by atoms with Gasteiger partial charge in [0.2, 0.25) is 5.91 Å². The van der Waals surface area contributed by atoms with Gasteiger partial charge in [-0.15, -0.1) is 0 Å². The molecule has 4 heteroatoms. The number of nitrogens with one attached hydrogen (secondary N) is 1.